The molecule has 0 saturated heterocycles. The van der Waals surface area contributed by atoms with E-state index in [2.05, 4.69) is 0 Å². The minimum Gasteiger partial charge on any atom is -0.227 e. The van der Waals surface area contributed by atoms with Crippen molar-refractivity contribution in [2.75, 3.05) is 0 Å². The van der Waals surface area contributed by atoms with Crippen molar-refractivity contribution >= 4 is 24.0 Å². The standard InChI is InChI=1S/C6H7BO2S/c7-5-2-1-3-6(4-5)10(8)9/h1-4,10H,7H2. The number of benzene rings is 1. The zero-order valence-electron chi connectivity index (χ0n) is 5.57. The lowest BCUT2D eigenvalue weighted by molar-refractivity contribution is 0.614. The second-order valence-electron chi connectivity index (χ2n) is 2.10. The van der Waals surface area contributed by atoms with E-state index in [1.807, 2.05) is 13.9 Å². The third-order valence-corrected chi connectivity index (χ3v) is 1.91. The van der Waals surface area contributed by atoms with Crippen molar-refractivity contribution in [3.63, 3.8) is 0 Å². The predicted octanol–water partition coefficient (Wildman–Crippen LogP) is -1.08. The van der Waals surface area contributed by atoms with Gasteiger partial charge < -0.3 is 0 Å². The average Bonchev–Trinajstić information content (AvgIpc) is 1.88. The van der Waals surface area contributed by atoms with Crippen LogP contribution in [0.3, 0.4) is 0 Å². The largest absolute Gasteiger partial charge is 0.227 e. The monoisotopic (exact) mass is 154 g/mol. The normalized spacial score (nSPS) is 10.1. The summed E-state index contributed by atoms with van der Waals surface area (Å²) in [5.74, 6) is 0. The van der Waals surface area contributed by atoms with Gasteiger partial charge in [0.1, 0.15) is 7.85 Å². The summed E-state index contributed by atoms with van der Waals surface area (Å²) < 4.78 is 20.8. The van der Waals surface area contributed by atoms with Gasteiger partial charge in [-0.05, 0) is 6.07 Å². The number of thiol groups is 1. The summed E-state index contributed by atoms with van der Waals surface area (Å²) in [6.45, 7) is 0. The first-order chi connectivity index (χ1) is 4.70. The van der Waals surface area contributed by atoms with Crippen LogP contribution in [0.4, 0.5) is 0 Å². The van der Waals surface area contributed by atoms with Gasteiger partial charge in [0.25, 0.3) is 0 Å². The molecule has 0 atom stereocenters. The first kappa shape index (κ1) is 7.34. The van der Waals surface area contributed by atoms with E-state index in [-0.39, 0.29) is 0 Å². The Kier molecular flexibility index (Phi) is 2.11. The lowest BCUT2D eigenvalue weighted by Gasteiger charge is -1.90. The molecule has 0 aliphatic heterocycles. The Balaban J connectivity index is 3.19. The van der Waals surface area contributed by atoms with Crippen molar-refractivity contribution in [2.24, 2.45) is 0 Å². The van der Waals surface area contributed by atoms with Crippen LogP contribution in [0.2, 0.25) is 0 Å². The van der Waals surface area contributed by atoms with E-state index in [9.17, 15) is 8.42 Å². The molecule has 0 bridgehead atoms. The molecule has 52 valence electrons. The van der Waals surface area contributed by atoms with Gasteiger partial charge in [0, 0.05) is 0 Å². The van der Waals surface area contributed by atoms with E-state index < -0.39 is 10.7 Å². The fourth-order valence-corrected chi connectivity index (χ4v) is 1.26. The highest BCUT2D eigenvalue weighted by molar-refractivity contribution is 7.72. The Labute approximate surface area is 62.2 Å². The van der Waals surface area contributed by atoms with Crippen LogP contribution >= 0.6 is 0 Å². The maximum Gasteiger partial charge on any atom is 0.168 e. The van der Waals surface area contributed by atoms with E-state index in [4.69, 9.17) is 0 Å². The minimum absolute atomic E-state index is 0.384. The van der Waals surface area contributed by atoms with Crippen LogP contribution in [0.15, 0.2) is 29.2 Å². The van der Waals surface area contributed by atoms with E-state index in [0.717, 1.165) is 5.46 Å². The van der Waals surface area contributed by atoms with Crippen molar-refractivity contribution in [3.8, 4) is 0 Å². The van der Waals surface area contributed by atoms with Crippen LogP contribution in [-0.4, -0.2) is 16.3 Å². The van der Waals surface area contributed by atoms with Crippen molar-refractivity contribution in [3.05, 3.63) is 24.3 Å². The fraction of sp³-hybridized carbons (Fsp3) is 0. The van der Waals surface area contributed by atoms with Gasteiger partial charge in [-0.2, -0.15) is 0 Å². The summed E-state index contributed by atoms with van der Waals surface area (Å²) in [6, 6.07) is 6.82. The van der Waals surface area contributed by atoms with Crippen LogP contribution in [-0.2, 0) is 10.7 Å². The Morgan fingerprint density at radius 1 is 1.30 bits per heavy atom. The molecule has 0 saturated carbocycles. The third kappa shape index (κ3) is 1.61. The smallest absolute Gasteiger partial charge is 0.168 e. The zero-order chi connectivity index (χ0) is 7.56. The van der Waals surface area contributed by atoms with Gasteiger partial charge in [0.05, 0.1) is 4.90 Å². The van der Waals surface area contributed by atoms with Gasteiger partial charge in [0.2, 0.25) is 0 Å². The summed E-state index contributed by atoms with van der Waals surface area (Å²) >= 11 is 0. The minimum atomic E-state index is -2.41. The first-order valence-electron chi connectivity index (χ1n) is 2.91. The quantitative estimate of drug-likeness (QED) is 0.412. The summed E-state index contributed by atoms with van der Waals surface area (Å²) in [5, 5.41) is 0. The molecule has 0 aromatic heterocycles. The van der Waals surface area contributed by atoms with E-state index in [1.165, 1.54) is 0 Å². The van der Waals surface area contributed by atoms with Gasteiger partial charge in [0.15, 0.2) is 10.7 Å². The molecule has 0 heterocycles. The van der Waals surface area contributed by atoms with E-state index >= 15 is 0 Å². The Morgan fingerprint density at radius 2 is 2.00 bits per heavy atom. The molecule has 0 unspecified atom stereocenters. The molecule has 4 heteroatoms. The Bertz CT molecular complexity index is 298. The van der Waals surface area contributed by atoms with E-state index in [1.54, 1.807) is 18.2 Å². The topological polar surface area (TPSA) is 34.1 Å². The number of hydrogen-bond donors (Lipinski definition) is 1. The summed E-state index contributed by atoms with van der Waals surface area (Å²) in [7, 11) is -0.548. The fourth-order valence-electron chi connectivity index (χ4n) is 0.742. The Hall–Kier alpha value is -0.765. The maximum absolute atomic E-state index is 10.4. The number of hydrogen-bond acceptors (Lipinski definition) is 2. The SMILES string of the molecule is Bc1cccc([SH](=O)=O)c1. The molecule has 0 aliphatic carbocycles. The molecule has 0 aliphatic rings. The molecule has 0 radical (unpaired) electrons. The summed E-state index contributed by atoms with van der Waals surface area (Å²) in [5.41, 5.74) is 0.969. The second-order valence-corrected chi connectivity index (χ2v) is 3.13. The van der Waals surface area contributed by atoms with E-state index in [0.29, 0.717) is 4.90 Å². The van der Waals surface area contributed by atoms with Crippen LogP contribution in [0.25, 0.3) is 0 Å². The molecular weight excluding hydrogens is 147 g/mol. The molecular formula is C6H7BO2S. The van der Waals surface area contributed by atoms with Gasteiger partial charge in [-0.25, -0.2) is 8.42 Å². The predicted molar refractivity (Wildman–Crippen MR) is 43.2 cm³/mol. The second kappa shape index (κ2) is 2.88. The average molecular weight is 154 g/mol. The van der Waals surface area contributed by atoms with Gasteiger partial charge in [-0.15, -0.1) is 0 Å². The molecule has 1 rings (SSSR count). The zero-order valence-corrected chi connectivity index (χ0v) is 6.47. The molecule has 10 heavy (non-hydrogen) atoms. The van der Waals surface area contributed by atoms with Crippen LogP contribution in [0.5, 0.6) is 0 Å². The molecule has 2 nitrogen and oxygen atoms in total. The van der Waals surface area contributed by atoms with Crippen molar-refractivity contribution in [2.45, 2.75) is 4.90 Å². The third-order valence-electron chi connectivity index (χ3n) is 1.21. The Morgan fingerprint density at radius 3 is 2.40 bits per heavy atom. The van der Waals surface area contributed by atoms with Crippen LogP contribution in [0, 0.1) is 0 Å². The molecule has 1 aromatic carbocycles. The molecule has 0 fully saturated rings. The first-order valence-corrected chi connectivity index (χ1v) is 4.09. The van der Waals surface area contributed by atoms with Gasteiger partial charge >= 0.3 is 0 Å². The van der Waals surface area contributed by atoms with Crippen LogP contribution in [0.1, 0.15) is 0 Å². The number of rotatable bonds is 1. The van der Waals surface area contributed by atoms with Crippen LogP contribution < -0.4 is 5.46 Å². The lowest BCUT2D eigenvalue weighted by atomic mass is 9.97. The van der Waals surface area contributed by atoms with Gasteiger partial charge in [-0.1, -0.05) is 23.7 Å². The summed E-state index contributed by atoms with van der Waals surface area (Å²) in [6.07, 6.45) is 0. The van der Waals surface area contributed by atoms with Crippen molar-refractivity contribution < 1.29 is 8.42 Å². The molecule has 0 spiro atoms. The molecule has 1 aromatic rings. The lowest BCUT2D eigenvalue weighted by Crippen LogP contribution is -2.01. The van der Waals surface area contributed by atoms with Crippen molar-refractivity contribution in [1.82, 2.24) is 0 Å². The highest BCUT2D eigenvalue weighted by Crippen LogP contribution is 1.95. The highest BCUT2D eigenvalue weighted by Gasteiger charge is 1.91. The van der Waals surface area contributed by atoms with Gasteiger partial charge in [-0.3, -0.25) is 0 Å². The maximum atomic E-state index is 10.4. The summed E-state index contributed by atoms with van der Waals surface area (Å²) in [4.78, 5) is 0.384. The highest BCUT2D eigenvalue weighted by atomic mass is 32.2. The molecule has 0 N–H and O–H groups in total. The van der Waals surface area contributed by atoms with Crippen molar-refractivity contribution in [1.29, 1.82) is 0 Å². The molecule has 0 amide bonds.